The molecule has 2 rings (SSSR count). The van der Waals surface area contributed by atoms with E-state index in [0.29, 0.717) is 17.7 Å². The highest BCUT2D eigenvalue weighted by atomic mass is 19.3. The number of fused-ring (bicyclic) bond motifs is 1. The van der Waals surface area contributed by atoms with E-state index in [1.807, 2.05) is 24.3 Å². The number of rotatable bonds is 6. The van der Waals surface area contributed by atoms with Crippen molar-refractivity contribution in [1.29, 1.82) is 5.26 Å². The van der Waals surface area contributed by atoms with Crippen LogP contribution >= 0.6 is 0 Å². The molecular formula is C13H12F2N4O. The topological polar surface area (TPSA) is 70.8 Å². The van der Waals surface area contributed by atoms with Gasteiger partial charge in [-0.3, -0.25) is 0 Å². The second-order valence-electron chi connectivity index (χ2n) is 3.95. The average molecular weight is 278 g/mol. The SMILES string of the molecule is N#Cc1nnc2ccccc2c1NCCOCC(F)F. The highest BCUT2D eigenvalue weighted by Crippen LogP contribution is 2.23. The highest BCUT2D eigenvalue weighted by Gasteiger charge is 2.09. The third-order valence-corrected chi connectivity index (χ3v) is 2.57. The Morgan fingerprint density at radius 3 is 2.85 bits per heavy atom. The number of hydrogen-bond acceptors (Lipinski definition) is 5. The summed E-state index contributed by atoms with van der Waals surface area (Å²) in [6.07, 6.45) is -2.48. The van der Waals surface area contributed by atoms with Crippen LogP contribution in [0.4, 0.5) is 14.5 Å². The fraction of sp³-hybridized carbons (Fsp3) is 0.308. The van der Waals surface area contributed by atoms with Crippen LogP contribution in [0.25, 0.3) is 10.9 Å². The Morgan fingerprint density at radius 1 is 1.30 bits per heavy atom. The summed E-state index contributed by atoms with van der Waals surface area (Å²) in [5.41, 5.74) is 1.36. The fourth-order valence-electron chi connectivity index (χ4n) is 1.73. The minimum absolute atomic E-state index is 0.117. The Bertz CT molecular complexity index is 627. The molecule has 0 saturated carbocycles. The van der Waals surface area contributed by atoms with E-state index < -0.39 is 13.0 Å². The van der Waals surface area contributed by atoms with Crippen LogP contribution in [0.1, 0.15) is 5.69 Å². The molecule has 0 aliphatic rings. The zero-order valence-electron chi connectivity index (χ0n) is 10.5. The predicted molar refractivity (Wildman–Crippen MR) is 69.6 cm³/mol. The first kappa shape index (κ1) is 14.1. The Hall–Kier alpha value is -2.33. The lowest BCUT2D eigenvalue weighted by Gasteiger charge is -2.10. The van der Waals surface area contributed by atoms with Crippen molar-refractivity contribution in [2.45, 2.75) is 6.43 Å². The summed E-state index contributed by atoms with van der Waals surface area (Å²) in [5, 5.41) is 20.5. The lowest BCUT2D eigenvalue weighted by Crippen LogP contribution is -2.14. The van der Waals surface area contributed by atoms with Crippen LogP contribution in [-0.4, -0.2) is 36.4 Å². The summed E-state index contributed by atoms with van der Waals surface area (Å²) in [6, 6.07) is 9.18. The third kappa shape index (κ3) is 3.36. The van der Waals surface area contributed by atoms with Gasteiger partial charge in [0.25, 0.3) is 6.43 Å². The van der Waals surface area contributed by atoms with Crippen LogP contribution in [0.5, 0.6) is 0 Å². The molecule has 0 radical (unpaired) electrons. The van der Waals surface area contributed by atoms with Gasteiger partial charge in [0.2, 0.25) is 0 Å². The molecule has 20 heavy (non-hydrogen) atoms. The molecule has 2 aromatic rings. The number of aromatic nitrogens is 2. The fourth-order valence-corrected chi connectivity index (χ4v) is 1.73. The van der Waals surface area contributed by atoms with Gasteiger partial charge in [0.15, 0.2) is 5.69 Å². The van der Waals surface area contributed by atoms with Gasteiger partial charge in [0.05, 0.1) is 17.8 Å². The molecule has 0 spiro atoms. The van der Waals surface area contributed by atoms with Gasteiger partial charge in [0.1, 0.15) is 12.7 Å². The first-order chi connectivity index (χ1) is 9.72. The molecule has 7 heteroatoms. The van der Waals surface area contributed by atoms with E-state index in [1.54, 1.807) is 6.07 Å². The molecule has 1 aromatic heterocycles. The second kappa shape index (κ2) is 6.73. The molecule has 0 amide bonds. The van der Waals surface area contributed by atoms with E-state index >= 15 is 0 Å². The van der Waals surface area contributed by atoms with E-state index in [9.17, 15) is 8.78 Å². The van der Waals surface area contributed by atoms with E-state index in [1.165, 1.54) is 0 Å². The van der Waals surface area contributed by atoms with Gasteiger partial charge in [0, 0.05) is 11.9 Å². The average Bonchev–Trinajstić information content (AvgIpc) is 2.46. The molecule has 1 heterocycles. The largest absolute Gasteiger partial charge is 0.380 e. The van der Waals surface area contributed by atoms with Gasteiger partial charge in [-0.15, -0.1) is 10.2 Å². The smallest absolute Gasteiger partial charge is 0.261 e. The van der Waals surface area contributed by atoms with E-state index in [-0.39, 0.29) is 12.3 Å². The Kier molecular flexibility index (Phi) is 4.74. The minimum Gasteiger partial charge on any atom is -0.380 e. The lowest BCUT2D eigenvalue weighted by atomic mass is 10.1. The maximum atomic E-state index is 11.9. The molecule has 0 bridgehead atoms. The second-order valence-corrected chi connectivity index (χ2v) is 3.95. The number of alkyl halides is 2. The summed E-state index contributed by atoms with van der Waals surface area (Å²) in [7, 11) is 0. The zero-order chi connectivity index (χ0) is 14.4. The van der Waals surface area contributed by atoms with E-state index in [4.69, 9.17) is 10.00 Å². The van der Waals surface area contributed by atoms with Crippen molar-refractivity contribution < 1.29 is 13.5 Å². The van der Waals surface area contributed by atoms with Crippen molar-refractivity contribution in [3.63, 3.8) is 0 Å². The third-order valence-electron chi connectivity index (χ3n) is 2.57. The molecule has 0 aliphatic carbocycles. The maximum absolute atomic E-state index is 11.9. The van der Waals surface area contributed by atoms with Crippen molar-refractivity contribution in [3.05, 3.63) is 30.0 Å². The van der Waals surface area contributed by atoms with Crippen LogP contribution in [0.15, 0.2) is 24.3 Å². The number of nitrogens with zero attached hydrogens (tertiary/aromatic N) is 3. The molecular weight excluding hydrogens is 266 g/mol. The van der Waals surface area contributed by atoms with Gasteiger partial charge in [-0.2, -0.15) is 5.26 Å². The molecule has 5 nitrogen and oxygen atoms in total. The molecule has 104 valence electrons. The summed E-state index contributed by atoms with van der Waals surface area (Å²) in [5.74, 6) is 0. The number of hydrogen-bond donors (Lipinski definition) is 1. The van der Waals surface area contributed by atoms with Gasteiger partial charge < -0.3 is 10.1 Å². The molecule has 0 aliphatic heterocycles. The summed E-state index contributed by atoms with van der Waals surface area (Å²) >= 11 is 0. The monoisotopic (exact) mass is 278 g/mol. The van der Waals surface area contributed by atoms with E-state index in [0.717, 1.165) is 5.39 Å². The quantitative estimate of drug-likeness (QED) is 0.820. The van der Waals surface area contributed by atoms with Crippen molar-refractivity contribution in [3.8, 4) is 6.07 Å². The van der Waals surface area contributed by atoms with Gasteiger partial charge >= 0.3 is 0 Å². The van der Waals surface area contributed by atoms with Crippen LogP contribution < -0.4 is 5.32 Å². The first-order valence-corrected chi connectivity index (χ1v) is 5.97. The standard InChI is InChI=1S/C13H12F2N4O/c14-12(15)8-20-6-5-17-13-9-3-1-2-4-10(9)18-19-11(13)7-16/h1-4,12H,5-6,8H2,(H,17,18). The predicted octanol–water partition coefficient (Wildman–Crippen LogP) is 2.20. The van der Waals surface area contributed by atoms with Gasteiger partial charge in [-0.25, -0.2) is 8.78 Å². The minimum atomic E-state index is -2.48. The molecule has 0 atom stereocenters. The van der Waals surface area contributed by atoms with E-state index in [2.05, 4.69) is 15.5 Å². The van der Waals surface area contributed by atoms with Crippen molar-refractivity contribution in [2.75, 3.05) is 25.1 Å². The Labute approximate surface area is 114 Å². The summed E-state index contributed by atoms with van der Waals surface area (Å²) in [6.45, 7) is -0.176. The molecule has 0 saturated heterocycles. The van der Waals surface area contributed by atoms with Crippen LogP contribution in [0.2, 0.25) is 0 Å². The lowest BCUT2D eigenvalue weighted by molar-refractivity contribution is 0.0215. The molecule has 0 fully saturated rings. The van der Waals surface area contributed by atoms with Gasteiger partial charge in [-0.1, -0.05) is 18.2 Å². The van der Waals surface area contributed by atoms with Crippen LogP contribution in [0.3, 0.4) is 0 Å². The first-order valence-electron chi connectivity index (χ1n) is 5.97. The Balaban J connectivity index is 2.10. The number of halogens is 2. The van der Waals surface area contributed by atoms with Gasteiger partial charge in [-0.05, 0) is 6.07 Å². The maximum Gasteiger partial charge on any atom is 0.261 e. The van der Waals surface area contributed by atoms with Crippen molar-refractivity contribution >= 4 is 16.6 Å². The molecule has 0 unspecified atom stereocenters. The van der Waals surface area contributed by atoms with Crippen molar-refractivity contribution in [1.82, 2.24) is 10.2 Å². The number of benzene rings is 1. The van der Waals surface area contributed by atoms with Crippen molar-refractivity contribution in [2.24, 2.45) is 0 Å². The molecule has 1 N–H and O–H groups in total. The number of anilines is 1. The number of nitriles is 1. The van der Waals surface area contributed by atoms with Crippen LogP contribution in [-0.2, 0) is 4.74 Å². The van der Waals surface area contributed by atoms with Crippen LogP contribution in [0, 0.1) is 11.3 Å². The highest BCUT2D eigenvalue weighted by molar-refractivity contribution is 5.92. The number of ether oxygens (including phenoxy) is 1. The zero-order valence-corrected chi connectivity index (χ0v) is 10.5. The summed E-state index contributed by atoms with van der Waals surface area (Å²) < 4.78 is 28.6. The molecule has 1 aromatic carbocycles. The normalized spacial score (nSPS) is 10.7. The summed E-state index contributed by atoms with van der Waals surface area (Å²) in [4.78, 5) is 0. The Morgan fingerprint density at radius 2 is 2.10 bits per heavy atom. The number of nitrogens with one attached hydrogen (secondary N) is 1.